The molecule has 17 heavy (non-hydrogen) atoms. The van der Waals surface area contributed by atoms with Crippen molar-refractivity contribution in [2.45, 2.75) is 51.5 Å². The van der Waals surface area contributed by atoms with Crippen LogP contribution in [0.25, 0.3) is 0 Å². The fraction of sp³-hybridized carbons (Fsp3) is 0.929. The normalized spacial score (nSPS) is 30.1. The van der Waals surface area contributed by atoms with E-state index in [4.69, 9.17) is 0 Å². The van der Waals surface area contributed by atoms with Gasteiger partial charge in [0.15, 0.2) is 0 Å². The number of nitrogens with one attached hydrogen (secondary N) is 1. The zero-order valence-electron chi connectivity index (χ0n) is 11.2. The summed E-state index contributed by atoms with van der Waals surface area (Å²) >= 11 is 0. The molecule has 1 amide bonds. The minimum absolute atomic E-state index is 0.405. The summed E-state index contributed by atoms with van der Waals surface area (Å²) in [5, 5.41) is 3.39. The van der Waals surface area contributed by atoms with E-state index >= 15 is 0 Å². The van der Waals surface area contributed by atoms with Gasteiger partial charge in [-0.1, -0.05) is 19.8 Å². The Morgan fingerprint density at radius 1 is 1.35 bits per heavy atom. The molecule has 0 radical (unpaired) electrons. The summed E-state index contributed by atoms with van der Waals surface area (Å²) < 4.78 is 0. The minimum Gasteiger partial charge on any atom is -0.342 e. The minimum atomic E-state index is 0.405. The number of amides is 1. The molecule has 2 atom stereocenters. The van der Waals surface area contributed by atoms with Crippen LogP contribution in [-0.2, 0) is 4.79 Å². The van der Waals surface area contributed by atoms with Gasteiger partial charge >= 0.3 is 0 Å². The highest BCUT2D eigenvalue weighted by molar-refractivity contribution is 5.76. The Labute approximate surface area is 105 Å². The van der Waals surface area contributed by atoms with Crippen molar-refractivity contribution in [3.05, 3.63) is 0 Å². The van der Waals surface area contributed by atoms with E-state index in [9.17, 15) is 4.79 Å². The Bertz CT molecular complexity index is 263. The van der Waals surface area contributed by atoms with Crippen LogP contribution < -0.4 is 5.32 Å². The number of hydrogen-bond donors (Lipinski definition) is 1. The highest BCUT2D eigenvalue weighted by Gasteiger charge is 2.31. The van der Waals surface area contributed by atoms with Crippen molar-refractivity contribution in [3.8, 4) is 0 Å². The first-order chi connectivity index (χ1) is 8.24. The lowest BCUT2D eigenvalue weighted by Gasteiger charge is -2.39. The van der Waals surface area contributed by atoms with E-state index in [2.05, 4.69) is 17.1 Å². The van der Waals surface area contributed by atoms with Gasteiger partial charge in [-0.2, -0.15) is 0 Å². The summed E-state index contributed by atoms with van der Waals surface area (Å²) in [4.78, 5) is 14.3. The van der Waals surface area contributed by atoms with Crippen LogP contribution in [0.4, 0.5) is 0 Å². The summed E-state index contributed by atoms with van der Waals surface area (Å²) in [5.41, 5.74) is 0. The van der Waals surface area contributed by atoms with Gasteiger partial charge in [0.05, 0.1) is 0 Å². The molecule has 1 aliphatic carbocycles. The molecule has 1 saturated carbocycles. The number of rotatable bonds is 4. The summed E-state index contributed by atoms with van der Waals surface area (Å²) in [6.07, 6.45) is 6.97. The molecule has 1 saturated heterocycles. The molecule has 1 N–H and O–H groups in total. The maximum atomic E-state index is 12.2. The molecule has 0 aromatic heterocycles. The number of nitrogens with zero attached hydrogens (tertiary/aromatic N) is 1. The van der Waals surface area contributed by atoms with E-state index < -0.39 is 0 Å². The van der Waals surface area contributed by atoms with Crippen molar-refractivity contribution < 1.29 is 4.79 Å². The maximum Gasteiger partial charge on any atom is 0.222 e. The third-order valence-electron chi connectivity index (χ3n) is 4.67. The number of carbonyl (C=O) groups excluding carboxylic acids is 1. The Balaban J connectivity index is 1.83. The smallest absolute Gasteiger partial charge is 0.222 e. The lowest BCUT2D eigenvalue weighted by Crippen LogP contribution is -2.50. The van der Waals surface area contributed by atoms with Gasteiger partial charge in [0.2, 0.25) is 5.91 Å². The first-order valence-corrected chi connectivity index (χ1v) is 7.19. The average molecular weight is 238 g/mol. The van der Waals surface area contributed by atoms with Gasteiger partial charge in [-0.25, -0.2) is 0 Å². The number of piperidine rings is 1. The molecule has 2 unspecified atom stereocenters. The predicted octanol–water partition coefficient (Wildman–Crippen LogP) is 2.02. The quantitative estimate of drug-likeness (QED) is 0.812. The van der Waals surface area contributed by atoms with E-state index in [0.717, 1.165) is 25.9 Å². The standard InChI is InChI=1S/C14H26N2O/c1-3-12-10-16(8-7-13(12)15-2)14(17)9-11-5-4-6-11/h11-13,15H,3-10H2,1-2H3. The molecular weight excluding hydrogens is 212 g/mol. The molecule has 3 heteroatoms. The van der Waals surface area contributed by atoms with Crippen LogP contribution in [0.2, 0.25) is 0 Å². The van der Waals surface area contributed by atoms with Crippen molar-refractivity contribution in [1.82, 2.24) is 10.2 Å². The molecule has 1 aliphatic heterocycles. The van der Waals surface area contributed by atoms with Crippen LogP contribution in [0.5, 0.6) is 0 Å². The molecule has 2 aliphatic rings. The lowest BCUT2D eigenvalue weighted by atomic mass is 9.82. The number of carbonyl (C=O) groups is 1. The monoisotopic (exact) mass is 238 g/mol. The van der Waals surface area contributed by atoms with Crippen LogP contribution in [0, 0.1) is 11.8 Å². The fourth-order valence-electron chi connectivity index (χ4n) is 3.13. The summed E-state index contributed by atoms with van der Waals surface area (Å²) in [6, 6.07) is 0.604. The molecular formula is C14H26N2O. The van der Waals surface area contributed by atoms with Crippen molar-refractivity contribution in [1.29, 1.82) is 0 Å². The van der Waals surface area contributed by atoms with Crippen molar-refractivity contribution in [3.63, 3.8) is 0 Å². The van der Waals surface area contributed by atoms with E-state index in [1.54, 1.807) is 0 Å². The Morgan fingerprint density at radius 3 is 2.65 bits per heavy atom. The lowest BCUT2D eigenvalue weighted by molar-refractivity contribution is -0.135. The Hall–Kier alpha value is -0.570. The third kappa shape index (κ3) is 3.01. The van der Waals surface area contributed by atoms with Crippen molar-refractivity contribution in [2.24, 2.45) is 11.8 Å². The fourth-order valence-corrected chi connectivity index (χ4v) is 3.13. The molecule has 0 aromatic rings. The van der Waals surface area contributed by atoms with E-state index in [0.29, 0.717) is 23.8 Å². The van der Waals surface area contributed by atoms with Gasteiger partial charge in [0.25, 0.3) is 0 Å². The molecule has 0 aromatic carbocycles. The zero-order chi connectivity index (χ0) is 12.3. The van der Waals surface area contributed by atoms with Gasteiger partial charge in [0.1, 0.15) is 0 Å². The van der Waals surface area contributed by atoms with Crippen LogP contribution in [0.3, 0.4) is 0 Å². The van der Waals surface area contributed by atoms with Crippen LogP contribution in [0.1, 0.15) is 45.4 Å². The summed E-state index contributed by atoms with van der Waals surface area (Å²) in [6.45, 7) is 4.15. The molecule has 0 spiro atoms. The van der Waals surface area contributed by atoms with Crippen LogP contribution in [-0.4, -0.2) is 37.0 Å². The van der Waals surface area contributed by atoms with Crippen molar-refractivity contribution in [2.75, 3.05) is 20.1 Å². The van der Waals surface area contributed by atoms with E-state index in [1.807, 2.05) is 7.05 Å². The SMILES string of the molecule is CCC1CN(C(=O)CC2CCC2)CCC1NC. The first-order valence-electron chi connectivity index (χ1n) is 7.19. The molecule has 2 rings (SSSR count). The van der Waals surface area contributed by atoms with Gasteiger partial charge in [0, 0.05) is 25.6 Å². The molecule has 98 valence electrons. The highest BCUT2D eigenvalue weighted by atomic mass is 16.2. The molecule has 2 fully saturated rings. The van der Waals surface area contributed by atoms with Crippen molar-refractivity contribution >= 4 is 5.91 Å². The summed E-state index contributed by atoms with van der Waals surface area (Å²) in [5.74, 6) is 1.74. The second-order valence-corrected chi connectivity index (χ2v) is 5.69. The maximum absolute atomic E-state index is 12.2. The highest BCUT2D eigenvalue weighted by Crippen LogP contribution is 2.30. The average Bonchev–Trinajstić information content (AvgIpc) is 2.32. The predicted molar refractivity (Wildman–Crippen MR) is 69.8 cm³/mol. The first kappa shape index (κ1) is 12.9. The van der Waals surface area contributed by atoms with Gasteiger partial charge in [-0.05, 0) is 38.1 Å². The van der Waals surface area contributed by atoms with E-state index in [-0.39, 0.29) is 0 Å². The zero-order valence-corrected chi connectivity index (χ0v) is 11.2. The van der Waals surface area contributed by atoms with Gasteiger partial charge in [-0.15, -0.1) is 0 Å². The molecule has 1 heterocycles. The second-order valence-electron chi connectivity index (χ2n) is 5.69. The largest absolute Gasteiger partial charge is 0.342 e. The Morgan fingerprint density at radius 2 is 2.12 bits per heavy atom. The second kappa shape index (κ2) is 5.85. The van der Waals surface area contributed by atoms with Crippen LogP contribution >= 0.6 is 0 Å². The molecule has 0 bridgehead atoms. The van der Waals surface area contributed by atoms with Crippen LogP contribution in [0.15, 0.2) is 0 Å². The van der Waals surface area contributed by atoms with Gasteiger partial charge in [-0.3, -0.25) is 4.79 Å². The third-order valence-corrected chi connectivity index (χ3v) is 4.67. The Kier molecular flexibility index (Phi) is 4.43. The van der Waals surface area contributed by atoms with Gasteiger partial charge < -0.3 is 10.2 Å². The summed E-state index contributed by atoms with van der Waals surface area (Å²) in [7, 11) is 2.04. The molecule has 3 nitrogen and oxygen atoms in total. The van der Waals surface area contributed by atoms with E-state index in [1.165, 1.54) is 25.7 Å². The number of likely N-dealkylation sites (tertiary alicyclic amines) is 1. The number of hydrogen-bond acceptors (Lipinski definition) is 2. The topological polar surface area (TPSA) is 32.3 Å².